The third-order valence-corrected chi connectivity index (χ3v) is 5.86. The number of carbonyl (C=O) groups excluding carboxylic acids is 2. The number of hydrazone groups is 1. The van der Waals surface area contributed by atoms with E-state index in [2.05, 4.69) is 15.8 Å². The maximum atomic E-state index is 12.8. The van der Waals surface area contributed by atoms with Crippen LogP contribution in [0.3, 0.4) is 0 Å². The van der Waals surface area contributed by atoms with Crippen LogP contribution >= 0.6 is 0 Å². The fourth-order valence-corrected chi connectivity index (χ4v) is 4.02. The molecule has 0 saturated heterocycles. The molecule has 2 aromatic carbocycles. The van der Waals surface area contributed by atoms with E-state index in [0.29, 0.717) is 11.8 Å². The number of carbonyl (C=O) groups is 2. The predicted octanol–water partition coefficient (Wildman–Crippen LogP) is 1.49. The maximum Gasteiger partial charge on any atom is 0.296 e. The van der Waals surface area contributed by atoms with E-state index in [4.69, 9.17) is 4.55 Å². The summed E-state index contributed by atoms with van der Waals surface area (Å²) in [7, 11) is -9.79. The summed E-state index contributed by atoms with van der Waals surface area (Å²) >= 11 is 0. The Kier molecular flexibility index (Phi) is 5.88. The van der Waals surface area contributed by atoms with E-state index in [1.807, 2.05) is 0 Å². The summed E-state index contributed by atoms with van der Waals surface area (Å²) in [6.07, 6.45) is 0.737. The van der Waals surface area contributed by atoms with Crippen molar-refractivity contribution in [2.75, 3.05) is 10.7 Å². The molecule has 0 aliphatic heterocycles. The van der Waals surface area contributed by atoms with Gasteiger partial charge < -0.3 is 10.4 Å². The average molecular weight is 481 g/mol. The molecule has 0 bridgehead atoms. The molecule has 14 heteroatoms. The molecule has 3 rings (SSSR count). The lowest BCUT2D eigenvalue weighted by atomic mass is 9.94. The quantitative estimate of drug-likeness (QED) is 0.308. The fourth-order valence-electron chi connectivity index (χ4n) is 2.83. The Balaban J connectivity index is 2.07. The van der Waals surface area contributed by atoms with Crippen LogP contribution in [0.4, 0.5) is 11.4 Å². The second-order valence-corrected chi connectivity index (χ2v) is 9.34. The minimum atomic E-state index is -5.01. The number of nitrogens with zero attached hydrogens (tertiary/aromatic N) is 1. The standard InChI is InChI=1S/C18H15N3O9S2/c1-9(22)19-11-2-4-12(5-3-11)20-21-17-15(32(28,29)30)7-10-6-13(31(25,26)27)8-14(23)16(10)18(17)24/h2-8,20,23H,1H3,(H,19,22)(H,25,26,27)(H,28,29,30)/b21-17+. The van der Waals surface area contributed by atoms with Crippen LogP contribution in [-0.4, -0.2) is 48.4 Å². The molecule has 2 aromatic rings. The smallest absolute Gasteiger partial charge is 0.296 e. The largest absolute Gasteiger partial charge is 0.507 e. The van der Waals surface area contributed by atoms with Gasteiger partial charge in [0.15, 0.2) is 5.71 Å². The number of aromatic hydroxyl groups is 1. The van der Waals surface area contributed by atoms with Crippen molar-refractivity contribution in [2.24, 2.45) is 5.10 Å². The zero-order valence-electron chi connectivity index (χ0n) is 16.1. The Morgan fingerprint density at radius 3 is 2.09 bits per heavy atom. The van der Waals surface area contributed by atoms with Gasteiger partial charge in [-0.3, -0.25) is 24.1 Å². The molecular weight excluding hydrogens is 466 g/mol. The second-order valence-electron chi connectivity index (χ2n) is 6.53. The highest BCUT2D eigenvalue weighted by Crippen LogP contribution is 2.34. The lowest BCUT2D eigenvalue weighted by molar-refractivity contribution is -0.114. The van der Waals surface area contributed by atoms with E-state index in [-0.39, 0.29) is 17.2 Å². The Morgan fingerprint density at radius 2 is 1.56 bits per heavy atom. The van der Waals surface area contributed by atoms with Crippen LogP contribution in [0, 0.1) is 0 Å². The molecule has 12 nitrogen and oxygen atoms in total. The van der Waals surface area contributed by atoms with Gasteiger partial charge in [-0.05, 0) is 42.0 Å². The first kappa shape index (κ1) is 23.1. The van der Waals surface area contributed by atoms with Crippen LogP contribution in [0.25, 0.3) is 6.08 Å². The van der Waals surface area contributed by atoms with E-state index < -0.39 is 52.8 Å². The first-order valence-electron chi connectivity index (χ1n) is 8.57. The van der Waals surface area contributed by atoms with Crippen LogP contribution in [0.2, 0.25) is 0 Å². The van der Waals surface area contributed by atoms with Crippen LogP contribution in [-0.2, 0) is 25.0 Å². The molecule has 0 spiro atoms. The summed E-state index contributed by atoms with van der Waals surface area (Å²) in [5.74, 6) is -2.27. The highest BCUT2D eigenvalue weighted by atomic mass is 32.2. The fraction of sp³-hybridized carbons (Fsp3) is 0.0556. The molecule has 0 unspecified atom stereocenters. The number of anilines is 2. The SMILES string of the molecule is CC(=O)Nc1ccc(N/N=C2/C(=O)c3c(O)cc(S(=O)(=O)O)cc3C=C2S(=O)(=O)O)cc1. The average Bonchev–Trinajstić information content (AvgIpc) is 2.66. The van der Waals surface area contributed by atoms with Gasteiger partial charge in [0.2, 0.25) is 11.7 Å². The number of Topliss-reactive ketones (excluding diaryl/α,β-unsaturated/α-hetero) is 1. The molecule has 5 N–H and O–H groups in total. The number of phenols is 1. The highest BCUT2D eigenvalue weighted by Gasteiger charge is 2.35. The second kappa shape index (κ2) is 8.16. The van der Waals surface area contributed by atoms with E-state index in [1.54, 1.807) is 0 Å². The van der Waals surface area contributed by atoms with E-state index in [9.17, 15) is 36.1 Å². The van der Waals surface area contributed by atoms with Crippen LogP contribution in [0.5, 0.6) is 5.75 Å². The van der Waals surface area contributed by atoms with Crippen molar-refractivity contribution in [3.05, 3.63) is 52.4 Å². The lowest BCUT2D eigenvalue weighted by Crippen LogP contribution is -2.27. The summed E-state index contributed by atoms with van der Waals surface area (Å²) in [6.45, 7) is 1.32. The van der Waals surface area contributed by atoms with Gasteiger partial charge in [0.25, 0.3) is 20.2 Å². The normalized spacial score (nSPS) is 15.2. The van der Waals surface area contributed by atoms with Crippen molar-refractivity contribution in [1.29, 1.82) is 0 Å². The van der Waals surface area contributed by atoms with E-state index in [1.165, 1.54) is 31.2 Å². The molecule has 1 aliphatic carbocycles. The zero-order valence-corrected chi connectivity index (χ0v) is 17.7. The first-order chi connectivity index (χ1) is 14.8. The number of hydrogen-bond donors (Lipinski definition) is 5. The minimum Gasteiger partial charge on any atom is -0.507 e. The number of hydrogen-bond acceptors (Lipinski definition) is 9. The third-order valence-electron chi connectivity index (χ3n) is 4.16. The Morgan fingerprint density at radius 1 is 0.969 bits per heavy atom. The first-order valence-corrected chi connectivity index (χ1v) is 11.5. The highest BCUT2D eigenvalue weighted by molar-refractivity contribution is 7.91. The summed E-state index contributed by atoms with van der Waals surface area (Å²) in [6, 6.07) is 7.31. The van der Waals surface area contributed by atoms with Crippen molar-refractivity contribution >= 4 is 55.1 Å². The number of phenolic OH excluding ortho intramolecular Hbond substituents is 1. The number of fused-ring (bicyclic) bond motifs is 1. The topological polar surface area (TPSA) is 200 Å². The summed E-state index contributed by atoms with van der Waals surface area (Å²) in [4.78, 5) is 22.2. The molecular formula is C18H15N3O9S2. The molecule has 0 fully saturated rings. The Labute approximate surface area is 181 Å². The predicted molar refractivity (Wildman–Crippen MR) is 114 cm³/mol. The van der Waals surface area contributed by atoms with Gasteiger partial charge >= 0.3 is 0 Å². The van der Waals surface area contributed by atoms with Gasteiger partial charge in [-0.15, -0.1) is 0 Å². The Bertz CT molecular complexity index is 1410. The summed E-state index contributed by atoms with van der Waals surface area (Å²) in [5, 5.41) is 16.4. The maximum absolute atomic E-state index is 12.8. The number of ketones is 1. The molecule has 0 aromatic heterocycles. The van der Waals surface area contributed by atoms with Gasteiger partial charge in [0, 0.05) is 18.7 Å². The van der Waals surface area contributed by atoms with E-state index >= 15 is 0 Å². The van der Waals surface area contributed by atoms with Gasteiger partial charge in [-0.1, -0.05) is 0 Å². The number of rotatable bonds is 5. The monoisotopic (exact) mass is 481 g/mol. The third kappa shape index (κ3) is 4.83. The molecule has 32 heavy (non-hydrogen) atoms. The molecule has 0 radical (unpaired) electrons. The molecule has 0 atom stereocenters. The van der Waals surface area contributed by atoms with Gasteiger partial charge in [-0.2, -0.15) is 21.9 Å². The van der Waals surface area contributed by atoms with Crippen molar-refractivity contribution in [1.82, 2.24) is 0 Å². The molecule has 1 amide bonds. The summed E-state index contributed by atoms with van der Waals surface area (Å²) in [5.41, 5.74) is 1.56. The molecule has 1 aliphatic rings. The zero-order chi connectivity index (χ0) is 23.8. The van der Waals surface area contributed by atoms with Gasteiger partial charge in [0.05, 0.1) is 16.1 Å². The van der Waals surface area contributed by atoms with Crippen molar-refractivity contribution in [3.8, 4) is 5.75 Å². The Hall–Kier alpha value is -3.59. The number of benzene rings is 2. The van der Waals surface area contributed by atoms with E-state index in [0.717, 1.165) is 12.1 Å². The van der Waals surface area contributed by atoms with Crippen molar-refractivity contribution < 1.29 is 40.6 Å². The van der Waals surface area contributed by atoms with Crippen LogP contribution in [0.15, 0.2) is 51.3 Å². The number of nitrogens with one attached hydrogen (secondary N) is 2. The molecule has 0 saturated carbocycles. The summed E-state index contributed by atoms with van der Waals surface area (Å²) < 4.78 is 65.1. The number of allylic oxidation sites excluding steroid dienone is 1. The number of amides is 1. The van der Waals surface area contributed by atoms with Crippen LogP contribution in [0.1, 0.15) is 22.8 Å². The molecule has 168 valence electrons. The van der Waals surface area contributed by atoms with Gasteiger partial charge in [0.1, 0.15) is 10.7 Å². The molecule has 0 heterocycles. The lowest BCUT2D eigenvalue weighted by Gasteiger charge is -2.18. The van der Waals surface area contributed by atoms with Crippen molar-refractivity contribution in [3.63, 3.8) is 0 Å². The van der Waals surface area contributed by atoms with Crippen molar-refractivity contribution in [2.45, 2.75) is 11.8 Å². The van der Waals surface area contributed by atoms with Gasteiger partial charge in [-0.25, -0.2) is 0 Å². The van der Waals surface area contributed by atoms with Crippen LogP contribution < -0.4 is 10.7 Å². The minimum absolute atomic E-state index is 0.283.